The van der Waals surface area contributed by atoms with Crippen LogP contribution in [0.1, 0.15) is 25.6 Å². The molecule has 2 nitrogen and oxygen atoms in total. The third-order valence-electron chi connectivity index (χ3n) is 1.01. The van der Waals surface area contributed by atoms with Gasteiger partial charge in [-0.05, 0) is 5.56 Å². The van der Waals surface area contributed by atoms with E-state index in [0.29, 0.717) is 0 Å². The maximum Gasteiger partial charge on any atom is 1.00 e. The molecular weight excluding hydrogens is 191 g/mol. The molecule has 0 atom stereocenters. The number of carboxylic acids is 1. The Kier molecular flexibility index (Phi) is 12.6. The van der Waals surface area contributed by atoms with Gasteiger partial charge in [0.1, 0.15) is 0 Å². The van der Waals surface area contributed by atoms with Crippen molar-refractivity contribution >= 4 is 5.97 Å². The predicted octanol–water partition coefficient (Wildman–Crippen LogP) is -1.60. The first-order valence-electron chi connectivity index (χ1n) is 3.72. The molecule has 0 aromatic heterocycles. The van der Waals surface area contributed by atoms with Crippen molar-refractivity contribution in [3.8, 4) is 0 Å². The fourth-order valence-electron chi connectivity index (χ4n) is 0.574. The number of carbonyl (C=O) groups is 1. The molecule has 0 bridgehead atoms. The Morgan fingerprint density at radius 3 is 1.92 bits per heavy atom. The van der Waals surface area contributed by atoms with E-state index in [4.69, 9.17) is 0 Å². The van der Waals surface area contributed by atoms with Crippen molar-refractivity contribution in [3.05, 3.63) is 42.3 Å². The molecule has 1 aromatic rings. The topological polar surface area (TPSA) is 40.1 Å². The Balaban J connectivity index is -0.000000218. The molecule has 0 radical (unpaired) electrons. The van der Waals surface area contributed by atoms with Gasteiger partial charge in [0.05, 0.1) is 5.97 Å². The number of rotatable bonds is 1. The molecule has 0 amide bonds. The van der Waals surface area contributed by atoms with E-state index >= 15 is 0 Å². The summed E-state index contributed by atoms with van der Waals surface area (Å²) < 4.78 is 0. The first-order valence-corrected chi connectivity index (χ1v) is 3.72. The van der Waals surface area contributed by atoms with Crippen LogP contribution in [0.5, 0.6) is 0 Å². The number of carbonyl (C=O) groups excluding carboxylic acids is 1. The monoisotopic (exact) mass is 204 g/mol. The number of benzene rings is 1. The van der Waals surface area contributed by atoms with Crippen LogP contribution in [0.25, 0.3) is 0 Å². The van der Waals surface area contributed by atoms with Crippen molar-refractivity contribution in [2.24, 2.45) is 0 Å². The molecule has 0 spiro atoms. The van der Waals surface area contributed by atoms with Gasteiger partial charge in [0, 0.05) is 0 Å². The van der Waals surface area contributed by atoms with Crippen LogP contribution in [-0.2, 0) is 0 Å². The largest absolute Gasteiger partial charge is 1.00 e. The van der Waals surface area contributed by atoms with Crippen molar-refractivity contribution in [1.82, 2.24) is 0 Å². The first kappa shape index (κ1) is 15.8. The molecule has 68 valence electrons. The van der Waals surface area contributed by atoms with Crippen molar-refractivity contribution in [2.75, 3.05) is 0 Å². The second kappa shape index (κ2) is 10.4. The SMILES string of the molecule is C[CH-]C.O=C([O-])c1ccccc1.[H-].[K+]. The van der Waals surface area contributed by atoms with Crippen LogP contribution < -0.4 is 56.5 Å². The molecule has 0 fully saturated rings. The first-order chi connectivity index (χ1) is 5.72. The second-order valence-corrected chi connectivity index (χ2v) is 2.23. The molecule has 0 saturated heterocycles. The summed E-state index contributed by atoms with van der Waals surface area (Å²) in [7, 11) is 0. The standard InChI is InChI=1S/C7H6O2.C3H7.K.H/c8-7(9)6-4-2-1-3-5-6;1-3-2;;/h1-5H,(H,8,9);3H,1-2H3;;/q;-1;+1;-1/p-1. The van der Waals surface area contributed by atoms with Crippen LogP contribution in [0.2, 0.25) is 0 Å². The zero-order chi connectivity index (χ0) is 9.40. The minimum absolute atomic E-state index is 0. The predicted molar refractivity (Wildman–Crippen MR) is 47.5 cm³/mol. The average Bonchev–Trinajstić information content (AvgIpc) is 2.07. The minimum atomic E-state index is -1.13. The van der Waals surface area contributed by atoms with E-state index in [1.165, 1.54) is 12.1 Å². The van der Waals surface area contributed by atoms with Crippen LogP contribution in [0.4, 0.5) is 0 Å². The van der Waals surface area contributed by atoms with Crippen LogP contribution in [-0.4, -0.2) is 5.97 Å². The van der Waals surface area contributed by atoms with Crippen LogP contribution in [0.3, 0.4) is 0 Å². The number of hydrogen-bond acceptors (Lipinski definition) is 2. The second-order valence-electron chi connectivity index (χ2n) is 2.23. The van der Waals surface area contributed by atoms with E-state index in [1.54, 1.807) is 18.2 Å². The summed E-state index contributed by atoms with van der Waals surface area (Å²) in [5.41, 5.74) is 0.220. The fourth-order valence-corrected chi connectivity index (χ4v) is 0.574. The molecule has 0 saturated carbocycles. The van der Waals surface area contributed by atoms with E-state index in [9.17, 15) is 9.90 Å². The van der Waals surface area contributed by atoms with Gasteiger partial charge in [-0.2, -0.15) is 13.8 Å². The van der Waals surface area contributed by atoms with Gasteiger partial charge in [-0.3, -0.25) is 0 Å². The summed E-state index contributed by atoms with van der Waals surface area (Å²) in [5, 5.41) is 10.1. The number of carboxylic acid groups (broad SMARTS) is 1. The van der Waals surface area contributed by atoms with E-state index in [-0.39, 0.29) is 58.4 Å². The average molecular weight is 204 g/mol. The van der Waals surface area contributed by atoms with E-state index in [0.717, 1.165) is 0 Å². The molecule has 3 heteroatoms. The number of aromatic carboxylic acids is 1. The van der Waals surface area contributed by atoms with Gasteiger partial charge < -0.3 is 17.7 Å². The van der Waals surface area contributed by atoms with Crippen molar-refractivity contribution in [1.29, 1.82) is 0 Å². The van der Waals surface area contributed by atoms with Gasteiger partial charge >= 0.3 is 51.4 Å². The summed E-state index contributed by atoms with van der Waals surface area (Å²) in [5.74, 6) is -1.13. The van der Waals surface area contributed by atoms with Gasteiger partial charge in [0.2, 0.25) is 0 Å². The zero-order valence-electron chi connectivity index (χ0n) is 9.28. The summed E-state index contributed by atoms with van der Waals surface area (Å²) in [6.45, 7) is 4.00. The maximum atomic E-state index is 10.1. The van der Waals surface area contributed by atoms with E-state index in [2.05, 4.69) is 0 Å². The van der Waals surface area contributed by atoms with Crippen LogP contribution >= 0.6 is 0 Å². The summed E-state index contributed by atoms with van der Waals surface area (Å²) in [6.07, 6.45) is 2.00. The Labute approximate surface area is 123 Å². The number of hydrogen-bond donors (Lipinski definition) is 0. The maximum absolute atomic E-state index is 10.1. The Morgan fingerprint density at radius 1 is 1.31 bits per heavy atom. The smallest absolute Gasteiger partial charge is 1.00 e. The Hall–Kier alpha value is 0.326. The van der Waals surface area contributed by atoms with E-state index in [1.807, 2.05) is 20.3 Å². The summed E-state index contributed by atoms with van der Waals surface area (Å²) in [4.78, 5) is 10.1. The fraction of sp³-hybridized carbons (Fsp3) is 0.200. The summed E-state index contributed by atoms with van der Waals surface area (Å²) >= 11 is 0. The molecule has 0 aliphatic rings. The molecule has 0 N–H and O–H groups in total. The van der Waals surface area contributed by atoms with Crippen LogP contribution in [0.15, 0.2) is 30.3 Å². The van der Waals surface area contributed by atoms with Gasteiger partial charge in [0.15, 0.2) is 0 Å². The van der Waals surface area contributed by atoms with Gasteiger partial charge in [-0.15, -0.1) is 0 Å². The molecule has 1 rings (SSSR count). The molecular formula is C10H13KO2-2. The molecule has 13 heavy (non-hydrogen) atoms. The van der Waals surface area contributed by atoms with E-state index < -0.39 is 5.97 Å². The molecule has 0 unspecified atom stereocenters. The van der Waals surface area contributed by atoms with Crippen molar-refractivity contribution in [3.63, 3.8) is 0 Å². The molecule has 1 aromatic carbocycles. The quantitative estimate of drug-likeness (QED) is 0.408. The summed E-state index contributed by atoms with van der Waals surface area (Å²) in [6, 6.07) is 8.06. The third-order valence-corrected chi connectivity index (χ3v) is 1.01. The van der Waals surface area contributed by atoms with Gasteiger partial charge in [-0.25, -0.2) is 0 Å². The third kappa shape index (κ3) is 8.65. The molecule has 0 heterocycles. The Bertz CT molecular complexity index is 227. The molecule has 0 aliphatic carbocycles. The molecule has 0 aliphatic heterocycles. The van der Waals surface area contributed by atoms with Crippen molar-refractivity contribution in [2.45, 2.75) is 13.8 Å². The van der Waals surface area contributed by atoms with Gasteiger partial charge in [0.25, 0.3) is 0 Å². The zero-order valence-corrected chi connectivity index (χ0v) is 11.4. The van der Waals surface area contributed by atoms with Crippen molar-refractivity contribution < 1.29 is 62.7 Å². The van der Waals surface area contributed by atoms with Crippen LogP contribution in [0, 0.1) is 6.42 Å². The van der Waals surface area contributed by atoms with Gasteiger partial charge in [-0.1, -0.05) is 30.3 Å². The Morgan fingerprint density at radius 2 is 1.69 bits per heavy atom. The normalized spacial score (nSPS) is 7.54. The minimum Gasteiger partial charge on any atom is -1.00 e.